The number of hydrogen-bond acceptors (Lipinski definition) is 4. The maximum absolute atomic E-state index is 10.9. The number of aliphatic hydroxyl groups is 2. The number of hydrogen-bond donors (Lipinski definition) is 2. The summed E-state index contributed by atoms with van der Waals surface area (Å²) >= 11 is 0. The molecular formula is C47H35B3N2O3. The van der Waals surface area contributed by atoms with Crippen molar-refractivity contribution in [1.82, 2.24) is 9.55 Å². The fraction of sp³-hybridized carbons (Fsp3) is 0.0426. The minimum atomic E-state index is -2.00. The number of rotatable bonds is 6. The van der Waals surface area contributed by atoms with E-state index in [1.54, 1.807) is 0 Å². The number of nitrogens with zero attached hydrogens (tertiary/aromatic N) is 2. The van der Waals surface area contributed by atoms with Crippen LogP contribution in [-0.4, -0.2) is 49.0 Å². The van der Waals surface area contributed by atoms with Crippen LogP contribution in [-0.2, 0) is 5.21 Å². The molecule has 0 aliphatic carbocycles. The highest BCUT2D eigenvalue weighted by atomic mass is 16.5. The Morgan fingerprint density at radius 1 is 0.473 bits per heavy atom. The van der Waals surface area contributed by atoms with Gasteiger partial charge in [-0.15, -0.1) is 0 Å². The molecule has 55 heavy (non-hydrogen) atoms. The summed E-state index contributed by atoms with van der Waals surface area (Å²) in [6.07, 6.45) is 0. The predicted octanol–water partition coefficient (Wildman–Crippen LogP) is 7.92. The Bertz CT molecular complexity index is 3080. The van der Waals surface area contributed by atoms with Gasteiger partial charge < -0.3 is 14.6 Å². The molecule has 2 N–H and O–H groups in total. The van der Waals surface area contributed by atoms with E-state index in [0.717, 1.165) is 60.9 Å². The summed E-state index contributed by atoms with van der Waals surface area (Å²) in [4.78, 5) is 4.93. The molecule has 0 unspecified atom stereocenters. The minimum Gasteiger partial charge on any atom is -0.456 e. The highest BCUT2D eigenvalue weighted by molar-refractivity contribution is 6.44. The number of aromatic nitrogens is 2. The third-order valence-electron chi connectivity index (χ3n) is 11.5. The Labute approximate surface area is 320 Å². The zero-order valence-corrected chi connectivity index (χ0v) is 30.8. The van der Waals surface area contributed by atoms with Crippen molar-refractivity contribution in [3.63, 3.8) is 0 Å². The fourth-order valence-electron chi connectivity index (χ4n) is 8.23. The second kappa shape index (κ2) is 12.4. The van der Waals surface area contributed by atoms with Gasteiger partial charge in [0.25, 0.3) is 0 Å². The average molecular weight is 708 g/mol. The summed E-state index contributed by atoms with van der Waals surface area (Å²) < 4.78 is 8.25. The first-order valence-electron chi connectivity index (χ1n) is 18.7. The first-order chi connectivity index (χ1) is 26.7. The molecule has 0 aliphatic heterocycles. The lowest BCUT2D eigenvalue weighted by molar-refractivity contribution is -0.100. The van der Waals surface area contributed by atoms with Gasteiger partial charge in [-0.05, 0) is 103 Å². The first kappa shape index (κ1) is 33.2. The van der Waals surface area contributed by atoms with Crippen LogP contribution in [0.1, 0.15) is 5.82 Å². The first-order valence-corrected chi connectivity index (χ1v) is 18.7. The van der Waals surface area contributed by atoms with Gasteiger partial charge in [-0.1, -0.05) is 115 Å². The molecule has 10 rings (SSSR count). The van der Waals surface area contributed by atoms with Crippen molar-refractivity contribution in [3.05, 3.63) is 170 Å². The van der Waals surface area contributed by atoms with Crippen molar-refractivity contribution < 1.29 is 14.6 Å². The van der Waals surface area contributed by atoms with Crippen LogP contribution in [0.5, 0.6) is 0 Å². The summed E-state index contributed by atoms with van der Waals surface area (Å²) in [5, 5.41) is 27.7. The monoisotopic (exact) mass is 708 g/mol. The van der Waals surface area contributed by atoms with Gasteiger partial charge in [0, 0.05) is 21.7 Å². The highest BCUT2D eigenvalue weighted by Gasteiger charge is 2.42. The third kappa shape index (κ3) is 5.24. The van der Waals surface area contributed by atoms with Crippen molar-refractivity contribution in [2.45, 2.75) is 10.9 Å². The lowest BCUT2D eigenvalue weighted by Crippen LogP contribution is -2.54. The molecule has 2 heterocycles. The van der Waals surface area contributed by atoms with Crippen LogP contribution < -0.4 is 0 Å². The normalized spacial score (nSPS) is 12.4. The summed E-state index contributed by atoms with van der Waals surface area (Å²) in [7, 11) is 5.05. The van der Waals surface area contributed by atoms with E-state index in [1.807, 2.05) is 52.1 Å². The maximum Gasteiger partial charge on any atom is 0.177 e. The van der Waals surface area contributed by atoms with Gasteiger partial charge in [0.1, 0.15) is 38.4 Å². The van der Waals surface area contributed by atoms with E-state index >= 15 is 0 Å². The van der Waals surface area contributed by atoms with E-state index in [2.05, 4.69) is 132 Å². The van der Waals surface area contributed by atoms with Gasteiger partial charge in [0.05, 0.1) is 11.0 Å². The van der Waals surface area contributed by atoms with E-state index in [-0.39, 0.29) is 0 Å². The van der Waals surface area contributed by atoms with Crippen molar-refractivity contribution in [2.24, 2.45) is 0 Å². The van der Waals surface area contributed by atoms with Crippen LogP contribution in [0.4, 0.5) is 0 Å². The second-order valence-electron chi connectivity index (χ2n) is 15.2. The molecule has 0 fully saturated rings. The van der Waals surface area contributed by atoms with E-state index < -0.39 is 10.9 Å². The smallest absolute Gasteiger partial charge is 0.177 e. The Morgan fingerprint density at radius 2 is 1.00 bits per heavy atom. The fourth-order valence-corrected chi connectivity index (χ4v) is 8.23. The summed E-state index contributed by atoms with van der Waals surface area (Å²) in [6.45, 7) is 0. The lowest BCUT2D eigenvalue weighted by atomic mass is 9.45. The number of para-hydroxylation sites is 3. The van der Waals surface area contributed by atoms with Gasteiger partial charge in [-0.2, -0.15) is 0 Å². The second-order valence-corrected chi connectivity index (χ2v) is 15.2. The SMILES string of the molecule is BC(O)(O)C(B)(B)c1nc2ccccc2n1-c1cccc(-c2cccc(-c3c4ccccc4c(-c4ccc5oc6ccccc6c5c4)c4ccccc34)c2)c1. The van der Waals surface area contributed by atoms with Gasteiger partial charge in [0.15, 0.2) is 7.85 Å². The van der Waals surface area contributed by atoms with E-state index in [0.29, 0.717) is 5.82 Å². The molecule has 0 saturated carbocycles. The zero-order chi connectivity index (χ0) is 37.5. The molecule has 0 spiro atoms. The quantitative estimate of drug-likeness (QED) is 0.105. The summed E-state index contributed by atoms with van der Waals surface area (Å²) in [6, 6.07) is 57.4. The number of benzene rings is 8. The summed E-state index contributed by atoms with van der Waals surface area (Å²) in [5.41, 5.74) is 9.17. The largest absolute Gasteiger partial charge is 0.456 e. The standard InChI is InChI=1S/C47H35B3N2O3/c48-46(49,47(50,53)54)45-51-39-20-6-7-21-40(39)52(45)32-14-10-12-29(26-32)28-11-9-13-30(25-28)43-34-16-1-3-18-36(34)44(37-19-4-2-17-35(37)43)31-23-24-42-38(27-31)33-15-5-8-22-41(33)55-42/h1-27,53-54H,48-50H2. The van der Waals surface area contributed by atoms with Crippen LogP contribution in [0.3, 0.4) is 0 Å². The highest BCUT2D eigenvalue weighted by Crippen LogP contribution is 2.45. The molecule has 0 atom stereocenters. The molecule has 2 aromatic heterocycles. The van der Waals surface area contributed by atoms with Crippen LogP contribution in [0.25, 0.3) is 93.6 Å². The molecule has 5 nitrogen and oxygen atoms in total. The van der Waals surface area contributed by atoms with Crippen molar-refractivity contribution in [2.75, 3.05) is 0 Å². The molecular weight excluding hydrogens is 673 g/mol. The molecule has 260 valence electrons. The van der Waals surface area contributed by atoms with Crippen LogP contribution in [0.15, 0.2) is 168 Å². The Balaban J connectivity index is 1.15. The third-order valence-corrected chi connectivity index (χ3v) is 11.5. The molecule has 8 aromatic carbocycles. The Morgan fingerprint density at radius 3 is 1.67 bits per heavy atom. The van der Waals surface area contributed by atoms with E-state index in [9.17, 15) is 10.2 Å². The van der Waals surface area contributed by atoms with E-state index in [1.165, 1.54) is 40.5 Å². The van der Waals surface area contributed by atoms with Crippen LogP contribution in [0.2, 0.25) is 0 Å². The van der Waals surface area contributed by atoms with Gasteiger partial charge >= 0.3 is 0 Å². The Kier molecular flexibility index (Phi) is 7.47. The molecule has 0 radical (unpaired) electrons. The van der Waals surface area contributed by atoms with Crippen molar-refractivity contribution in [3.8, 4) is 39.1 Å². The van der Waals surface area contributed by atoms with Crippen LogP contribution in [0, 0.1) is 0 Å². The van der Waals surface area contributed by atoms with Crippen LogP contribution >= 0.6 is 0 Å². The molecule has 0 bridgehead atoms. The molecule has 0 saturated heterocycles. The summed E-state index contributed by atoms with van der Waals surface area (Å²) in [5.74, 6) is 0.574. The van der Waals surface area contributed by atoms with Crippen molar-refractivity contribution >= 4 is 78.1 Å². The molecule has 0 aliphatic rings. The zero-order valence-electron chi connectivity index (χ0n) is 30.8. The molecule has 0 amide bonds. The minimum absolute atomic E-state index is 0.574. The molecule has 8 heteroatoms. The van der Waals surface area contributed by atoms with E-state index in [4.69, 9.17) is 9.40 Å². The predicted molar refractivity (Wildman–Crippen MR) is 234 cm³/mol. The number of imidazole rings is 1. The molecule has 10 aromatic rings. The van der Waals surface area contributed by atoms with Crippen molar-refractivity contribution in [1.29, 1.82) is 0 Å². The topological polar surface area (TPSA) is 71.4 Å². The number of furan rings is 1. The number of fused-ring (bicyclic) bond motifs is 6. The van der Waals surface area contributed by atoms with Gasteiger partial charge in [-0.3, -0.25) is 4.57 Å². The maximum atomic E-state index is 10.9. The van der Waals surface area contributed by atoms with Gasteiger partial charge in [-0.25, -0.2) is 4.98 Å². The Hall–Kier alpha value is -6.34. The lowest BCUT2D eigenvalue weighted by Gasteiger charge is -2.36. The van der Waals surface area contributed by atoms with Gasteiger partial charge in [0.2, 0.25) is 0 Å². The average Bonchev–Trinajstić information content (AvgIpc) is 3.79.